The molecule has 1 unspecified atom stereocenters. The van der Waals surface area contributed by atoms with Gasteiger partial charge in [-0.1, -0.05) is 95.6 Å². The zero-order valence-corrected chi connectivity index (χ0v) is 23.9. The fourth-order valence-corrected chi connectivity index (χ4v) is 3.67. The van der Waals surface area contributed by atoms with Crippen molar-refractivity contribution in [1.82, 2.24) is 0 Å². The van der Waals surface area contributed by atoms with Crippen LogP contribution in [0.2, 0.25) is 0 Å². The molecule has 1 atom stereocenters. The summed E-state index contributed by atoms with van der Waals surface area (Å²) in [5.74, 6) is 0.833. The van der Waals surface area contributed by atoms with Gasteiger partial charge in [-0.25, -0.2) is 0 Å². The van der Waals surface area contributed by atoms with Crippen LogP contribution in [0.4, 0.5) is 13.2 Å². The first kappa shape index (κ1) is 32.9. The number of unbranched alkanes of at least 4 members (excludes halogenated alkanes) is 1. The lowest BCUT2D eigenvalue weighted by Gasteiger charge is -2.19. The van der Waals surface area contributed by atoms with Gasteiger partial charge in [-0.3, -0.25) is 5.41 Å². The number of nitrogens with one attached hydrogen (secondary N) is 1. The van der Waals surface area contributed by atoms with Gasteiger partial charge in [-0.05, 0) is 66.8 Å². The van der Waals surface area contributed by atoms with Crippen molar-refractivity contribution in [2.24, 2.45) is 16.8 Å². The normalized spacial score (nSPS) is 12.8. The molecule has 0 fully saturated rings. The first-order valence-electron chi connectivity index (χ1n) is 13.1. The molecule has 0 amide bonds. The molecule has 3 N–H and O–H groups in total. The van der Waals surface area contributed by atoms with Gasteiger partial charge in [0.2, 0.25) is 0 Å². The summed E-state index contributed by atoms with van der Waals surface area (Å²) < 4.78 is 41.6. The molecule has 0 aliphatic heterocycles. The second-order valence-electron chi connectivity index (χ2n) is 10.8. The average molecular weight is 532 g/mol. The molecule has 0 radical (unpaired) electrons. The molecule has 38 heavy (non-hydrogen) atoms. The van der Waals surface area contributed by atoms with E-state index in [-0.39, 0.29) is 22.7 Å². The van der Waals surface area contributed by atoms with Crippen LogP contribution in [-0.4, -0.2) is 11.5 Å². The Morgan fingerprint density at radius 3 is 2.13 bits per heavy atom. The van der Waals surface area contributed by atoms with Crippen molar-refractivity contribution in [2.75, 3.05) is 0 Å². The van der Waals surface area contributed by atoms with Crippen LogP contribution < -0.4 is 5.73 Å². The van der Waals surface area contributed by atoms with E-state index >= 15 is 0 Å². The highest BCUT2D eigenvalue weighted by atomic mass is 19.4. The molecule has 0 heterocycles. The number of halogens is 3. The monoisotopic (exact) mass is 531 g/mol. The van der Waals surface area contributed by atoms with Gasteiger partial charge < -0.3 is 10.6 Å². The highest BCUT2D eigenvalue weighted by Gasteiger charge is 2.33. The summed E-state index contributed by atoms with van der Waals surface area (Å²) in [6, 6.07) is 12.5. The van der Waals surface area contributed by atoms with Gasteiger partial charge in [-0.2, -0.15) is 13.2 Å². The Bertz CT molecular complexity index is 1080. The third-order valence-corrected chi connectivity index (χ3v) is 6.18. The second-order valence-corrected chi connectivity index (χ2v) is 10.8. The van der Waals surface area contributed by atoms with E-state index in [0.29, 0.717) is 29.9 Å². The maximum absolute atomic E-state index is 13.9. The Balaban J connectivity index is 0.00000168. The van der Waals surface area contributed by atoms with Crippen molar-refractivity contribution >= 4 is 11.5 Å². The van der Waals surface area contributed by atoms with Crippen molar-refractivity contribution in [3.8, 4) is 0 Å². The van der Waals surface area contributed by atoms with E-state index in [0.717, 1.165) is 24.8 Å². The predicted octanol–water partition coefficient (Wildman–Crippen LogP) is 8.81. The molecule has 2 rings (SSSR count). The van der Waals surface area contributed by atoms with Crippen LogP contribution in [0.5, 0.6) is 0 Å². The van der Waals surface area contributed by atoms with E-state index in [1.54, 1.807) is 19.1 Å². The number of allylic oxidation sites excluding steroid dienone is 1. The third-order valence-electron chi connectivity index (χ3n) is 6.18. The van der Waals surface area contributed by atoms with Crippen LogP contribution in [0.15, 0.2) is 60.0 Å². The fourth-order valence-electron chi connectivity index (χ4n) is 3.67. The number of oxime groups is 1. The largest absolute Gasteiger partial charge is 0.416 e. The molecule has 0 aliphatic rings. The Hall–Kier alpha value is -3.09. The number of aryl methyl sites for hydroxylation is 2. The van der Waals surface area contributed by atoms with Crippen LogP contribution in [0.25, 0.3) is 0 Å². The molecule has 0 spiro atoms. The Labute approximate surface area is 226 Å². The summed E-state index contributed by atoms with van der Waals surface area (Å²) in [5.41, 5.74) is 7.39. The number of rotatable bonds is 10. The van der Waals surface area contributed by atoms with Gasteiger partial charge in [-0.15, -0.1) is 0 Å². The van der Waals surface area contributed by atoms with Crippen LogP contribution in [0, 0.1) is 11.3 Å². The zero-order chi connectivity index (χ0) is 29.1. The SMILES string of the molecule is C=C(O/N=C(\C)c1ccc(CCc2ccc(C(C)(C)C)cc2)c(C(F)(F)F)c1)C(C)CCCC.CC(=N)N. The molecule has 0 aromatic heterocycles. The number of hydrogen-bond donors (Lipinski definition) is 2. The molecule has 2 aromatic carbocycles. The lowest BCUT2D eigenvalue weighted by Crippen LogP contribution is -2.12. The second kappa shape index (κ2) is 14.7. The molecule has 2 aromatic rings. The summed E-state index contributed by atoms with van der Waals surface area (Å²) in [5, 5.41) is 10.3. The van der Waals surface area contributed by atoms with Gasteiger partial charge in [0, 0.05) is 5.92 Å². The number of nitrogens with zero attached hydrogens (tertiary/aromatic N) is 1. The number of hydrogen-bond acceptors (Lipinski definition) is 3. The fraction of sp³-hybridized carbons (Fsp3) is 0.484. The molecule has 0 aliphatic carbocycles. The van der Waals surface area contributed by atoms with E-state index in [1.165, 1.54) is 18.6 Å². The van der Waals surface area contributed by atoms with Crippen molar-refractivity contribution in [3.05, 3.63) is 82.6 Å². The number of benzene rings is 2. The van der Waals surface area contributed by atoms with Gasteiger partial charge in [0.1, 0.15) is 5.76 Å². The predicted molar refractivity (Wildman–Crippen MR) is 153 cm³/mol. The van der Waals surface area contributed by atoms with Crippen molar-refractivity contribution in [3.63, 3.8) is 0 Å². The Morgan fingerprint density at radius 2 is 1.63 bits per heavy atom. The molecule has 0 saturated heterocycles. The zero-order valence-electron chi connectivity index (χ0n) is 23.9. The van der Waals surface area contributed by atoms with Crippen molar-refractivity contribution in [1.29, 1.82) is 5.41 Å². The molecule has 4 nitrogen and oxygen atoms in total. The molecule has 210 valence electrons. The van der Waals surface area contributed by atoms with E-state index in [1.807, 2.05) is 19.1 Å². The Morgan fingerprint density at radius 1 is 1.05 bits per heavy atom. The molecular formula is C31H44F3N3O. The van der Waals surface area contributed by atoms with E-state index in [4.69, 9.17) is 16.0 Å². The minimum absolute atomic E-state index is 0.0425. The lowest BCUT2D eigenvalue weighted by atomic mass is 9.86. The van der Waals surface area contributed by atoms with Crippen molar-refractivity contribution in [2.45, 2.75) is 92.2 Å². The molecule has 7 heteroatoms. The van der Waals surface area contributed by atoms with Crippen LogP contribution >= 0.6 is 0 Å². The average Bonchev–Trinajstić information content (AvgIpc) is 2.83. The maximum Gasteiger partial charge on any atom is 0.416 e. The van der Waals surface area contributed by atoms with E-state index < -0.39 is 11.7 Å². The minimum atomic E-state index is -4.44. The highest BCUT2D eigenvalue weighted by molar-refractivity contribution is 5.98. The summed E-state index contributed by atoms with van der Waals surface area (Å²) in [7, 11) is 0. The topological polar surface area (TPSA) is 71.5 Å². The molecule has 0 bridgehead atoms. The summed E-state index contributed by atoms with van der Waals surface area (Å²) in [6.07, 6.45) is -0.518. The quantitative estimate of drug-likeness (QED) is 0.139. The summed E-state index contributed by atoms with van der Waals surface area (Å²) in [6.45, 7) is 17.6. The summed E-state index contributed by atoms with van der Waals surface area (Å²) in [4.78, 5) is 5.42. The van der Waals surface area contributed by atoms with Crippen molar-refractivity contribution < 1.29 is 18.0 Å². The number of alkyl halides is 3. The van der Waals surface area contributed by atoms with Crippen LogP contribution in [0.3, 0.4) is 0 Å². The molecular weight excluding hydrogens is 487 g/mol. The first-order valence-corrected chi connectivity index (χ1v) is 13.1. The smallest absolute Gasteiger partial charge is 0.388 e. The van der Waals surface area contributed by atoms with Gasteiger partial charge in [0.05, 0.1) is 17.1 Å². The standard InChI is InChI=1S/C29H38F3NO.C2H6N2/c1-8-9-10-20(2)22(4)34-33-21(3)25-16-15-24(27(19-25)29(30,31)32)14-11-23-12-17-26(18-13-23)28(5,6)7;1-2(3)4/h12-13,15-20H,4,8-11,14H2,1-3,5-7H3;1H3,(H3,3,4)/b33-21+;. The minimum Gasteiger partial charge on any atom is -0.388 e. The first-order chi connectivity index (χ1) is 17.6. The summed E-state index contributed by atoms with van der Waals surface area (Å²) >= 11 is 0. The van der Waals surface area contributed by atoms with E-state index in [9.17, 15) is 13.2 Å². The van der Waals surface area contributed by atoms with E-state index in [2.05, 4.69) is 51.6 Å². The van der Waals surface area contributed by atoms with Gasteiger partial charge in [0.15, 0.2) is 0 Å². The van der Waals surface area contributed by atoms with Crippen LogP contribution in [-0.2, 0) is 29.3 Å². The lowest BCUT2D eigenvalue weighted by molar-refractivity contribution is -0.138. The third kappa shape index (κ3) is 11.5. The maximum atomic E-state index is 13.9. The van der Waals surface area contributed by atoms with Crippen LogP contribution in [0.1, 0.15) is 95.5 Å². The molecule has 0 saturated carbocycles. The highest BCUT2D eigenvalue weighted by Crippen LogP contribution is 2.34. The van der Waals surface area contributed by atoms with Gasteiger partial charge >= 0.3 is 6.18 Å². The number of nitrogens with two attached hydrogens (primary N) is 1. The van der Waals surface area contributed by atoms with Gasteiger partial charge in [0.25, 0.3) is 0 Å². The Kier molecular flexibility index (Phi) is 12.8. The number of amidine groups is 1.